The van der Waals surface area contributed by atoms with Gasteiger partial charge >= 0.3 is 0 Å². The van der Waals surface area contributed by atoms with E-state index in [1.165, 1.54) is 24.3 Å². The fraction of sp³-hybridized carbons (Fsp3) is 0.600. The first-order valence-electron chi connectivity index (χ1n) is 5.05. The van der Waals surface area contributed by atoms with Crippen LogP contribution < -0.4 is 0 Å². The summed E-state index contributed by atoms with van der Waals surface area (Å²) >= 11 is 33.1. The van der Waals surface area contributed by atoms with Crippen LogP contribution in [0.5, 0.6) is 0 Å². The minimum atomic E-state index is -3.25. The lowest BCUT2D eigenvalue weighted by atomic mass is 10.4. The van der Waals surface area contributed by atoms with Crippen molar-refractivity contribution in [2.75, 3.05) is 11.5 Å². The van der Waals surface area contributed by atoms with Gasteiger partial charge in [-0.3, -0.25) is 0 Å². The molecule has 0 spiro atoms. The Balaban J connectivity index is 4.14. The van der Waals surface area contributed by atoms with Crippen molar-refractivity contribution in [2.24, 2.45) is 0 Å². The molecule has 0 rings (SSSR count). The zero-order chi connectivity index (χ0) is 15.2. The number of alkyl halides is 6. The number of hydrogen-bond donors (Lipinski definition) is 0. The third-order valence-electron chi connectivity index (χ3n) is 1.73. The zero-order valence-corrected chi connectivity index (χ0v) is 15.0. The molecular formula is C10H12Cl6O2S. The predicted molar refractivity (Wildman–Crippen MR) is 86.7 cm³/mol. The van der Waals surface area contributed by atoms with Crippen LogP contribution in [-0.2, 0) is 9.84 Å². The van der Waals surface area contributed by atoms with E-state index < -0.39 is 17.4 Å². The summed E-state index contributed by atoms with van der Waals surface area (Å²) < 4.78 is 20.3. The van der Waals surface area contributed by atoms with Gasteiger partial charge in [-0.2, -0.15) is 0 Å². The Bertz CT molecular complexity index is 382. The fourth-order valence-electron chi connectivity index (χ4n) is 0.931. The van der Waals surface area contributed by atoms with Crippen LogP contribution in [0.1, 0.15) is 12.8 Å². The molecule has 0 aliphatic carbocycles. The molecule has 0 saturated heterocycles. The summed E-state index contributed by atoms with van der Waals surface area (Å²) in [5, 5.41) is 0. The topological polar surface area (TPSA) is 34.1 Å². The predicted octanol–water partition coefficient (Wildman–Crippen LogP) is 5.03. The second-order valence-electron chi connectivity index (χ2n) is 3.66. The van der Waals surface area contributed by atoms with E-state index in [0.717, 1.165) is 0 Å². The van der Waals surface area contributed by atoms with E-state index in [4.69, 9.17) is 69.6 Å². The lowest BCUT2D eigenvalue weighted by molar-refractivity contribution is 0.601. The van der Waals surface area contributed by atoms with E-state index in [-0.39, 0.29) is 24.3 Å². The standard InChI is InChI=1S/C10H12Cl6O2S/c11-9(12,13)5-1-3-7-19(17,18)8-4-2-6-10(14,15)16/h1-4H,5-8H2/b3-1+,4-2+. The Morgan fingerprint density at radius 3 is 1.26 bits per heavy atom. The second-order valence-corrected chi connectivity index (χ2v) is 10.8. The number of sulfone groups is 1. The summed E-state index contributed by atoms with van der Waals surface area (Å²) in [6.07, 6.45) is 6.21. The molecule has 0 heterocycles. The van der Waals surface area contributed by atoms with Crippen LogP contribution in [0.4, 0.5) is 0 Å². The van der Waals surface area contributed by atoms with Crippen LogP contribution in [0.3, 0.4) is 0 Å². The van der Waals surface area contributed by atoms with E-state index in [9.17, 15) is 8.42 Å². The maximum Gasteiger partial charge on any atom is 0.194 e. The largest absolute Gasteiger partial charge is 0.228 e. The maximum absolute atomic E-state index is 11.6. The molecule has 0 aromatic rings. The molecule has 2 nitrogen and oxygen atoms in total. The number of rotatable bonds is 6. The van der Waals surface area contributed by atoms with Gasteiger partial charge in [-0.15, -0.1) is 0 Å². The van der Waals surface area contributed by atoms with Crippen LogP contribution in [0.2, 0.25) is 0 Å². The lowest BCUT2D eigenvalue weighted by Crippen LogP contribution is -2.08. The van der Waals surface area contributed by atoms with Crippen LogP contribution in [0.25, 0.3) is 0 Å². The Morgan fingerprint density at radius 2 is 1.00 bits per heavy atom. The third-order valence-corrected chi connectivity index (χ3v) is 4.06. The molecule has 0 saturated carbocycles. The molecular weight excluding hydrogens is 397 g/mol. The fourth-order valence-corrected chi connectivity index (χ4v) is 2.46. The van der Waals surface area contributed by atoms with Gasteiger partial charge in [-0.25, -0.2) is 8.42 Å². The third kappa shape index (κ3) is 15.4. The SMILES string of the molecule is O=S(=O)(C/C=C/CC(Cl)(Cl)Cl)C/C=C/CC(Cl)(Cl)Cl. The van der Waals surface area contributed by atoms with Crippen LogP contribution in [0.15, 0.2) is 24.3 Å². The summed E-state index contributed by atoms with van der Waals surface area (Å²) in [7, 11) is -3.25. The summed E-state index contributed by atoms with van der Waals surface area (Å²) in [6.45, 7) is 0. The molecule has 0 atom stereocenters. The molecule has 0 aromatic heterocycles. The van der Waals surface area contributed by atoms with E-state index in [2.05, 4.69) is 0 Å². The quantitative estimate of drug-likeness (QED) is 0.456. The normalized spacial score (nSPS) is 14.6. The summed E-state index contributed by atoms with van der Waals surface area (Å²) in [4.78, 5) is 0. The Morgan fingerprint density at radius 1 is 0.684 bits per heavy atom. The Labute approximate surface area is 143 Å². The van der Waals surface area contributed by atoms with Gasteiger partial charge in [-0.05, 0) is 0 Å². The van der Waals surface area contributed by atoms with Gasteiger partial charge in [0.1, 0.15) is 0 Å². The molecule has 0 aromatic carbocycles. The second kappa shape index (κ2) is 8.57. The molecule has 0 radical (unpaired) electrons. The average molecular weight is 409 g/mol. The molecule has 0 unspecified atom stereocenters. The van der Waals surface area contributed by atoms with E-state index in [0.29, 0.717) is 0 Å². The monoisotopic (exact) mass is 406 g/mol. The first kappa shape index (κ1) is 20.2. The van der Waals surface area contributed by atoms with Crippen molar-refractivity contribution in [3.8, 4) is 0 Å². The van der Waals surface area contributed by atoms with E-state index >= 15 is 0 Å². The number of allylic oxidation sites excluding steroid dienone is 2. The maximum atomic E-state index is 11.6. The highest BCUT2D eigenvalue weighted by Gasteiger charge is 2.17. The molecule has 19 heavy (non-hydrogen) atoms. The van der Waals surface area contributed by atoms with Crippen molar-refractivity contribution in [3.05, 3.63) is 24.3 Å². The smallest absolute Gasteiger partial charge is 0.194 e. The van der Waals surface area contributed by atoms with Crippen molar-refractivity contribution in [1.29, 1.82) is 0 Å². The number of halogens is 6. The first-order chi connectivity index (χ1) is 8.41. The van der Waals surface area contributed by atoms with Crippen molar-refractivity contribution < 1.29 is 8.42 Å². The first-order valence-corrected chi connectivity index (χ1v) is 9.14. The lowest BCUT2D eigenvalue weighted by Gasteiger charge is -2.06. The molecule has 0 aliphatic heterocycles. The minimum Gasteiger partial charge on any atom is -0.228 e. The van der Waals surface area contributed by atoms with E-state index in [1.807, 2.05) is 0 Å². The van der Waals surface area contributed by atoms with Crippen molar-refractivity contribution in [3.63, 3.8) is 0 Å². The van der Waals surface area contributed by atoms with Crippen LogP contribution in [-0.4, -0.2) is 27.5 Å². The molecule has 0 aliphatic rings. The summed E-state index contributed by atoms with van der Waals surface area (Å²) in [6, 6.07) is 0. The van der Waals surface area contributed by atoms with Gasteiger partial charge in [0, 0.05) is 12.8 Å². The van der Waals surface area contributed by atoms with Crippen molar-refractivity contribution in [1.82, 2.24) is 0 Å². The van der Waals surface area contributed by atoms with Crippen LogP contribution in [0, 0.1) is 0 Å². The molecule has 0 N–H and O–H groups in total. The molecule has 0 amide bonds. The van der Waals surface area contributed by atoms with Gasteiger partial charge in [0.05, 0.1) is 11.5 Å². The highest BCUT2D eigenvalue weighted by molar-refractivity contribution is 7.91. The molecule has 112 valence electrons. The minimum absolute atomic E-state index is 0.133. The van der Waals surface area contributed by atoms with Gasteiger partial charge in [0.2, 0.25) is 0 Å². The Hall–Kier alpha value is 1.17. The van der Waals surface area contributed by atoms with Crippen molar-refractivity contribution in [2.45, 2.75) is 20.4 Å². The van der Waals surface area contributed by atoms with E-state index in [1.54, 1.807) is 0 Å². The molecule has 0 bridgehead atoms. The zero-order valence-electron chi connectivity index (χ0n) is 9.63. The van der Waals surface area contributed by atoms with Gasteiger partial charge < -0.3 is 0 Å². The van der Waals surface area contributed by atoms with Gasteiger partial charge in [0.25, 0.3) is 0 Å². The Kier molecular flexibility index (Phi) is 9.10. The van der Waals surface area contributed by atoms with Gasteiger partial charge in [0.15, 0.2) is 17.4 Å². The summed E-state index contributed by atoms with van der Waals surface area (Å²) in [5.41, 5.74) is 0. The van der Waals surface area contributed by atoms with Crippen LogP contribution >= 0.6 is 69.6 Å². The molecule has 0 fully saturated rings. The highest BCUT2D eigenvalue weighted by Crippen LogP contribution is 2.30. The molecule has 9 heteroatoms. The summed E-state index contributed by atoms with van der Waals surface area (Å²) in [5.74, 6) is -0.266. The van der Waals surface area contributed by atoms with Gasteiger partial charge in [-0.1, -0.05) is 93.9 Å². The number of hydrogen-bond acceptors (Lipinski definition) is 2. The highest BCUT2D eigenvalue weighted by atomic mass is 35.6. The average Bonchev–Trinajstić information content (AvgIpc) is 2.17. The van der Waals surface area contributed by atoms with Crippen molar-refractivity contribution >= 4 is 79.4 Å².